The zero-order valence-electron chi connectivity index (χ0n) is 9.19. The van der Waals surface area contributed by atoms with Crippen molar-refractivity contribution in [2.45, 2.75) is 18.5 Å². The standard InChI is InChI=1S/C10H13BN2O2S/c1-10(2,16-9(12)13)11-14-7-5-3-4-6-8(7)15-11/h3-6H,1-2H3,(H3,12,13). The van der Waals surface area contributed by atoms with Crippen LogP contribution in [0.2, 0.25) is 0 Å². The van der Waals surface area contributed by atoms with Crippen molar-refractivity contribution in [2.75, 3.05) is 0 Å². The Morgan fingerprint density at radius 1 is 1.31 bits per heavy atom. The molecule has 0 saturated carbocycles. The molecule has 84 valence electrons. The predicted octanol–water partition coefficient (Wildman–Crippen LogP) is 1.89. The van der Waals surface area contributed by atoms with Gasteiger partial charge in [0.15, 0.2) is 5.17 Å². The Morgan fingerprint density at radius 3 is 2.25 bits per heavy atom. The summed E-state index contributed by atoms with van der Waals surface area (Å²) >= 11 is 1.24. The van der Waals surface area contributed by atoms with E-state index in [0.29, 0.717) is 0 Å². The third kappa shape index (κ3) is 2.11. The minimum atomic E-state index is -0.418. The van der Waals surface area contributed by atoms with Gasteiger partial charge in [-0.25, -0.2) is 0 Å². The van der Waals surface area contributed by atoms with Crippen molar-refractivity contribution in [1.29, 1.82) is 5.41 Å². The van der Waals surface area contributed by atoms with Gasteiger partial charge >= 0.3 is 7.12 Å². The van der Waals surface area contributed by atoms with E-state index < -0.39 is 11.8 Å². The molecule has 1 aliphatic heterocycles. The van der Waals surface area contributed by atoms with Crippen molar-refractivity contribution in [1.82, 2.24) is 0 Å². The molecule has 2 rings (SSSR count). The topological polar surface area (TPSA) is 68.3 Å². The van der Waals surface area contributed by atoms with Crippen molar-refractivity contribution in [3.63, 3.8) is 0 Å². The van der Waals surface area contributed by atoms with Crippen molar-refractivity contribution >= 4 is 24.0 Å². The molecule has 0 amide bonds. The molecule has 0 aromatic heterocycles. The molecule has 0 aliphatic carbocycles. The monoisotopic (exact) mass is 236 g/mol. The minimum absolute atomic E-state index is 0.0631. The molecule has 1 aromatic carbocycles. The second-order valence-electron chi connectivity index (χ2n) is 4.08. The van der Waals surface area contributed by atoms with Crippen LogP contribution in [0.5, 0.6) is 11.5 Å². The van der Waals surface area contributed by atoms with Gasteiger partial charge in [0.2, 0.25) is 0 Å². The fraction of sp³-hybridized carbons (Fsp3) is 0.300. The lowest BCUT2D eigenvalue weighted by atomic mass is 9.74. The first-order valence-corrected chi connectivity index (χ1v) is 5.76. The summed E-state index contributed by atoms with van der Waals surface area (Å²) in [4.78, 5) is 0. The smallest absolute Gasteiger partial charge is 0.522 e. The van der Waals surface area contributed by atoms with Gasteiger partial charge in [0.25, 0.3) is 0 Å². The van der Waals surface area contributed by atoms with Crippen LogP contribution in [-0.4, -0.2) is 16.9 Å². The highest BCUT2D eigenvalue weighted by Gasteiger charge is 2.47. The lowest BCUT2D eigenvalue weighted by Crippen LogP contribution is -2.46. The van der Waals surface area contributed by atoms with Crippen LogP contribution >= 0.6 is 11.8 Å². The molecule has 6 heteroatoms. The number of fused-ring (bicyclic) bond motifs is 1. The highest BCUT2D eigenvalue weighted by molar-refractivity contribution is 8.15. The molecule has 1 aliphatic rings. The Labute approximate surface area is 99.2 Å². The molecule has 0 fully saturated rings. The van der Waals surface area contributed by atoms with Crippen LogP contribution in [-0.2, 0) is 0 Å². The van der Waals surface area contributed by atoms with Gasteiger partial charge in [0.05, 0.1) is 4.65 Å². The van der Waals surface area contributed by atoms with Crippen LogP contribution in [0.1, 0.15) is 13.8 Å². The zero-order chi connectivity index (χ0) is 11.8. The number of thioether (sulfide) groups is 1. The molecule has 1 aromatic rings. The van der Waals surface area contributed by atoms with Crippen LogP contribution < -0.4 is 15.0 Å². The second kappa shape index (κ2) is 3.94. The van der Waals surface area contributed by atoms with Gasteiger partial charge in [-0.2, -0.15) is 0 Å². The Balaban J connectivity index is 2.13. The van der Waals surface area contributed by atoms with E-state index in [0.717, 1.165) is 11.5 Å². The number of rotatable bonds is 2. The summed E-state index contributed by atoms with van der Waals surface area (Å²) in [7, 11) is -0.418. The van der Waals surface area contributed by atoms with E-state index in [1.165, 1.54) is 11.8 Å². The summed E-state index contributed by atoms with van der Waals surface area (Å²) in [6.07, 6.45) is 0. The third-order valence-electron chi connectivity index (χ3n) is 2.26. The van der Waals surface area contributed by atoms with Gasteiger partial charge in [-0.15, -0.1) is 0 Å². The van der Waals surface area contributed by atoms with Crippen molar-refractivity contribution < 1.29 is 9.31 Å². The third-order valence-corrected chi connectivity index (χ3v) is 3.20. The number of nitrogens with two attached hydrogens (primary N) is 1. The van der Waals surface area contributed by atoms with Gasteiger partial charge in [-0.3, -0.25) is 5.41 Å². The number of hydrogen-bond donors (Lipinski definition) is 2. The maximum atomic E-state index is 7.30. The van der Waals surface area contributed by atoms with E-state index in [2.05, 4.69) is 0 Å². The summed E-state index contributed by atoms with van der Waals surface area (Å²) in [5.74, 6) is 1.48. The maximum Gasteiger partial charge on any atom is 0.612 e. The van der Waals surface area contributed by atoms with Crippen molar-refractivity contribution in [3.05, 3.63) is 24.3 Å². The molecular formula is C10H13BN2O2S. The van der Waals surface area contributed by atoms with Gasteiger partial charge in [-0.1, -0.05) is 23.9 Å². The summed E-state index contributed by atoms with van der Waals surface area (Å²) in [6, 6.07) is 7.53. The highest BCUT2D eigenvalue weighted by atomic mass is 32.2. The van der Waals surface area contributed by atoms with Crippen molar-refractivity contribution in [2.24, 2.45) is 5.73 Å². The summed E-state index contributed by atoms with van der Waals surface area (Å²) in [5.41, 5.74) is 5.39. The van der Waals surface area contributed by atoms with Crippen LogP contribution in [0.3, 0.4) is 0 Å². The van der Waals surface area contributed by atoms with Crippen LogP contribution in [0.15, 0.2) is 24.3 Å². The maximum absolute atomic E-state index is 7.30. The molecule has 0 saturated heterocycles. The molecule has 1 heterocycles. The van der Waals surface area contributed by atoms with Gasteiger partial charge in [0, 0.05) is 0 Å². The zero-order valence-corrected chi connectivity index (χ0v) is 10.0. The first-order chi connectivity index (χ1) is 7.49. The second-order valence-corrected chi connectivity index (χ2v) is 5.78. The van der Waals surface area contributed by atoms with E-state index >= 15 is 0 Å². The van der Waals surface area contributed by atoms with E-state index in [-0.39, 0.29) is 5.17 Å². The number of hydrogen-bond acceptors (Lipinski definition) is 4. The van der Waals surface area contributed by atoms with Crippen LogP contribution in [0.25, 0.3) is 0 Å². The fourth-order valence-corrected chi connectivity index (χ4v) is 2.27. The van der Waals surface area contributed by atoms with E-state index in [1.54, 1.807) is 0 Å². The summed E-state index contributed by atoms with van der Waals surface area (Å²) < 4.78 is 11.0. The van der Waals surface area contributed by atoms with Crippen LogP contribution in [0, 0.1) is 5.41 Å². The number of para-hydroxylation sites is 2. The Hall–Kier alpha value is -1.30. The molecule has 0 bridgehead atoms. The Bertz CT molecular complexity index is 400. The summed E-state index contributed by atoms with van der Waals surface area (Å²) in [6.45, 7) is 3.88. The molecule has 0 spiro atoms. The molecule has 0 atom stereocenters. The van der Waals surface area contributed by atoms with Gasteiger partial charge < -0.3 is 15.0 Å². The molecule has 4 nitrogen and oxygen atoms in total. The van der Waals surface area contributed by atoms with E-state index in [1.807, 2.05) is 38.1 Å². The molecule has 0 unspecified atom stereocenters. The number of nitrogens with one attached hydrogen (secondary N) is 1. The first-order valence-electron chi connectivity index (χ1n) is 4.94. The van der Waals surface area contributed by atoms with Gasteiger partial charge in [0.1, 0.15) is 11.5 Å². The number of benzene rings is 1. The minimum Gasteiger partial charge on any atom is -0.522 e. The predicted molar refractivity (Wildman–Crippen MR) is 67.0 cm³/mol. The SMILES string of the molecule is CC(C)(SC(=N)N)B1Oc2ccccc2O1. The van der Waals surface area contributed by atoms with Crippen LogP contribution in [0.4, 0.5) is 0 Å². The molecule has 3 N–H and O–H groups in total. The average Bonchev–Trinajstić information content (AvgIpc) is 2.59. The van der Waals surface area contributed by atoms with E-state index in [9.17, 15) is 0 Å². The average molecular weight is 236 g/mol. The Kier molecular flexibility index (Phi) is 2.76. The number of amidine groups is 1. The van der Waals surface area contributed by atoms with Crippen molar-refractivity contribution in [3.8, 4) is 11.5 Å². The fourth-order valence-electron chi connectivity index (χ4n) is 1.51. The van der Waals surface area contributed by atoms with Gasteiger partial charge in [-0.05, 0) is 26.0 Å². The largest absolute Gasteiger partial charge is 0.612 e. The molecule has 16 heavy (non-hydrogen) atoms. The summed E-state index contributed by atoms with van der Waals surface area (Å²) in [5, 5.41) is 7.37. The lowest BCUT2D eigenvalue weighted by molar-refractivity contribution is 0.474. The molecular weight excluding hydrogens is 223 g/mol. The van der Waals surface area contributed by atoms with E-state index in [4.69, 9.17) is 20.5 Å². The molecule has 0 radical (unpaired) electrons. The first kappa shape index (κ1) is 11.2. The highest BCUT2D eigenvalue weighted by Crippen LogP contribution is 2.39. The quantitative estimate of drug-likeness (QED) is 0.467. The normalized spacial score (nSPS) is 14.0. The lowest BCUT2D eigenvalue weighted by Gasteiger charge is -2.23. The Morgan fingerprint density at radius 2 is 1.81 bits per heavy atom.